The number of ether oxygens (including phenoxy) is 1. The van der Waals surface area contributed by atoms with Crippen LogP contribution < -0.4 is 4.74 Å². The Morgan fingerprint density at radius 3 is 2.82 bits per heavy atom. The van der Waals surface area contributed by atoms with Crippen LogP contribution in [0.5, 0.6) is 5.75 Å². The Balaban J connectivity index is 1.62. The Labute approximate surface area is 145 Å². The molecule has 0 aliphatic rings. The number of aromatic nitrogens is 1. The van der Waals surface area contributed by atoms with Gasteiger partial charge < -0.3 is 4.74 Å². The van der Waals surface area contributed by atoms with E-state index in [1.807, 2.05) is 24.3 Å². The van der Waals surface area contributed by atoms with Crippen molar-refractivity contribution in [3.63, 3.8) is 0 Å². The van der Waals surface area contributed by atoms with Crippen molar-refractivity contribution in [3.05, 3.63) is 52.5 Å². The highest BCUT2D eigenvalue weighted by Crippen LogP contribution is 2.30. The summed E-state index contributed by atoms with van der Waals surface area (Å²) < 4.78 is 7.15. The number of nitrogens with zero attached hydrogens (tertiary/aromatic N) is 1. The summed E-state index contributed by atoms with van der Waals surface area (Å²) >= 11 is 14.7. The number of rotatable bonds is 4. The van der Waals surface area contributed by atoms with E-state index in [0.717, 1.165) is 14.6 Å². The predicted octanol–water partition coefficient (Wildman–Crippen LogP) is 5.30. The molecule has 3 rings (SSSR count). The first kappa shape index (κ1) is 15.6. The van der Waals surface area contributed by atoms with Gasteiger partial charge in [-0.25, -0.2) is 4.98 Å². The minimum Gasteiger partial charge on any atom is -0.424 e. The lowest BCUT2D eigenvalue weighted by Gasteiger charge is -2.05. The van der Waals surface area contributed by atoms with Crippen LogP contribution in [0.4, 0.5) is 0 Å². The molecule has 3 aromatic rings. The fourth-order valence-corrected chi connectivity index (χ4v) is 4.03. The SMILES string of the molecule is O=C(CSc1nc2ccccc2s1)Oc1ccc(Cl)cc1Cl. The first-order valence-electron chi connectivity index (χ1n) is 6.26. The van der Waals surface area contributed by atoms with E-state index < -0.39 is 0 Å². The Hall–Kier alpha value is -1.27. The average Bonchev–Trinajstić information content (AvgIpc) is 2.91. The van der Waals surface area contributed by atoms with Crippen LogP contribution in [0.3, 0.4) is 0 Å². The molecule has 7 heteroatoms. The molecule has 0 aliphatic carbocycles. The number of thiazole rings is 1. The second-order valence-electron chi connectivity index (χ2n) is 4.28. The Morgan fingerprint density at radius 2 is 2.05 bits per heavy atom. The number of carbonyl (C=O) groups is 1. The van der Waals surface area contributed by atoms with Crippen molar-refractivity contribution in [2.45, 2.75) is 4.34 Å². The summed E-state index contributed by atoms with van der Waals surface area (Å²) in [7, 11) is 0. The molecule has 112 valence electrons. The number of halogens is 2. The molecule has 0 aliphatic heterocycles. The fourth-order valence-electron chi connectivity index (χ4n) is 1.74. The van der Waals surface area contributed by atoms with Gasteiger partial charge in [-0.15, -0.1) is 11.3 Å². The summed E-state index contributed by atoms with van der Waals surface area (Å²) in [6.45, 7) is 0. The summed E-state index contributed by atoms with van der Waals surface area (Å²) in [5, 5.41) is 0.805. The van der Waals surface area contributed by atoms with E-state index in [1.54, 1.807) is 23.5 Å². The van der Waals surface area contributed by atoms with Gasteiger partial charge in [0.05, 0.1) is 21.0 Å². The highest BCUT2D eigenvalue weighted by molar-refractivity contribution is 8.01. The van der Waals surface area contributed by atoms with Crippen molar-refractivity contribution in [1.82, 2.24) is 4.98 Å². The molecule has 2 aromatic carbocycles. The number of hydrogen-bond acceptors (Lipinski definition) is 5. The van der Waals surface area contributed by atoms with Gasteiger partial charge in [-0.2, -0.15) is 0 Å². The minimum atomic E-state index is -0.381. The van der Waals surface area contributed by atoms with Crippen molar-refractivity contribution >= 4 is 62.5 Å². The zero-order chi connectivity index (χ0) is 15.5. The van der Waals surface area contributed by atoms with Crippen molar-refractivity contribution in [1.29, 1.82) is 0 Å². The van der Waals surface area contributed by atoms with E-state index in [0.29, 0.717) is 15.8 Å². The number of fused-ring (bicyclic) bond motifs is 1. The lowest BCUT2D eigenvalue weighted by molar-refractivity contribution is -0.131. The van der Waals surface area contributed by atoms with Crippen molar-refractivity contribution in [3.8, 4) is 5.75 Å². The highest BCUT2D eigenvalue weighted by atomic mass is 35.5. The van der Waals surface area contributed by atoms with E-state index in [4.69, 9.17) is 27.9 Å². The molecule has 22 heavy (non-hydrogen) atoms. The number of esters is 1. The molecular weight excluding hydrogens is 361 g/mol. The molecule has 1 aromatic heterocycles. The molecule has 0 amide bonds. The van der Waals surface area contributed by atoms with Crippen molar-refractivity contribution < 1.29 is 9.53 Å². The van der Waals surface area contributed by atoms with Crippen LogP contribution in [0.25, 0.3) is 10.2 Å². The van der Waals surface area contributed by atoms with Crippen LogP contribution >= 0.6 is 46.3 Å². The lowest BCUT2D eigenvalue weighted by Crippen LogP contribution is -2.10. The van der Waals surface area contributed by atoms with Crippen LogP contribution in [0.15, 0.2) is 46.8 Å². The monoisotopic (exact) mass is 369 g/mol. The first-order chi connectivity index (χ1) is 10.6. The van der Waals surface area contributed by atoms with Gasteiger partial charge in [0.2, 0.25) is 0 Å². The number of carbonyl (C=O) groups excluding carboxylic acids is 1. The maximum Gasteiger partial charge on any atom is 0.321 e. The zero-order valence-corrected chi connectivity index (χ0v) is 14.2. The highest BCUT2D eigenvalue weighted by Gasteiger charge is 2.11. The largest absolute Gasteiger partial charge is 0.424 e. The number of thioether (sulfide) groups is 1. The van der Waals surface area contributed by atoms with E-state index in [9.17, 15) is 4.79 Å². The second kappa shape index (κ2) is 6.87. The summed E-state index contributed by atoms with van der Waals surface area (Å²) in [6.07, 6.45) is 0. The van der Waals surface area contributed by atoms with Crippen molar-refractivity contribution in [2.24, 2.45) is 0 Å². The van der Waals surface area contributed by atoms with Crippen LogP contribution in [0.1, 0.15) is 0 Å². The third-order valence-corrected chi connectivity index (χ3v) is 5.39. The summed E-state index contributed by atoms with van der Waals surface area (Å²) in [5.74, 6) is 0.0909. The molecule has 0 unspecified atom stereocenters. The maximum atomic E-state index is 11.9. The summed E-state index contributed by atoms with van der Waals surface area (Å²) in [5.41, 5.74) is 0.934. The van der Waals surface area contributed by atoms with Gasteiger partial charge in [-0.05, 0) is 30.3 Å². The molecular formula is C15H9Cl2NO2S2. The maximum absolute atomic E-state index is 11.9. The Kier molecular flexibility index (Phi) is 4.88. The Morgan fingerprint density at radius 1 is 1.23 bits per heavy atom. The zero-order valence-electron chi connectivity index (χ0n) is 11.1. The third kappa shape index (κ3) is 3.73. The number of para-hydroxylation sites is 1. The van der Waals surface area contributed by atoms with Crippen molar-refractivity contribution in [2.75, 3.05) is 5.75 Å². The van der Waals surface area contributed by atoms with Crippen LogP contribution in [0.2, 0.25) is 10.0 Å². The van der Waals surface area contributed by atoms with E-state index in [2.05, 4.69) is 4.98 Å². The van der Waals surface area contributed by atoms with Crippen LogP contribution in [-0.4, -0.2) is 16.7 Å². The summed E-state index contributed by atoms with van der Waals surface area (Å²) in [4.78, 5) is 16.3. The topological polar surface area (TPSA) is 39.2 Å². The van der Waals surface area contributed by atoms with Gasteiger partial charge in [0.1, 0.15) is 5.75 Å². The normalized spacial score (nSPS) is 10.8. The van der Waals surface area contributed by atoms with E-state index in [-0.39, 0.29) is 11.7 Å². The van der Waals surface area contributed by atoms with Gasteiger partial charge in [-0.3, -0.25) is 4.79 Å². The molecule has 0 atom stereocenters. The molecule has 0 fully saturated rings. The molecule has 0 bridgehead atoms. The molecule has 0 saturated heterocycles. The van der Waals surface area contributed by atoms with E-state index >= 15 is 0 Å². The molecule has 0 spiro atoms. The van der Waals surface area contributed by atoms with Gasteiger partial charge in [0.15, 0.2) is 4.34 Å². The molecule has 1 heterocycles. The molecule has 3 nitrogen and oxygen atoms in total. The van der Waals surface area contributed by atoms with Gasteiger partial charge >= 0.3 is 5.97 Å². The minimum absolute atomic E-state index is 0.165. The van der Waals surface area contributed by atoms with Gasteiger partial charge in [-0.1, -0.05) is 47.1 Å². The first-order valence-corrected chi connectivity index (χ1v) is 8.82. The number of hydrogen-bond donors (Lipinski definition) is 0. The lowest BCUT2D eigenvalue weighted by atomic mass is 10.3. The quantitative estimate of drug-likeness (QED) is 0.355. The van der Waals surface area contributed by atoms with E-state index in [1.165, 1.54) is 17.8 Å². The number of benzene rings is 2. The second-order valence-corrected chi connectivity index (χ2v) is 7.38. The third-order valence-electron chi connectivity index (χ3n) is 2.71. The van der Waals surface area contributed by atoms with Crippen LogP contribution in [0, 0.1) is 0 Å². The van der Waals surface area contributed by atoms with Gasteiger partial charge in [0, 0.05) is 5.02 Å². The molecule has 0 radical (unpaired) electrons. The smallest absolute Gasteiger partial charge is 0.321 e. The average molecular weight is 370 g/mol. The molecule has 0 N–H and O–H groups in total. The standard InChI is InChI=1S/C15H9Cl2NO2S2/c16-9-5-6-12(10(17)7-9)20-14(19)8-21-15-18-11-3-1-2-4-13(11)22-15/h1-7H,8H2. The van der Waals surface area contributed by atoms with Crippen LogP contribution in [-0.2, 0) is 4.79 Å². The predicted molar refractivity (Wildman–Crippen MR) is 92.4 cm³/mol. The summed E-state index contributed by atoms with van der Waals surface area (Å²) in [6, 6.07) is 12.6. The fraction of sp³-hybridized carbons (Fsp3) is 0.0667. The van der Waals surface area contributed by atoms with Gasteiger partial charge in [0.25, 0.3) is 0 Å². The molecule has 0 saturated carbocycles. The Bertz CT molecular complexity index is 802.